The van der Waals surface area contributed by atoms with Crippen molar-refractivity contribution in [2.45, 2.75) is 6.42 Å². The number of rotatable bonds is 2. The fraction of sp³-hybridized carbons (Fsp3) is 0.385. The molecule has 0 aliphatic carbocycles. The molecule has 0 spiro atoms. The van der Waals surface area contributed by atoms with Gasteiger partial charge in [-0.2, -0.15) is 0 Å². The largest absolute Gasteiger partial charge is 0.507 e. The smallest absolute Gasteiger partial charge is 0.310 e. The van der Waals surface area contributed by atoms with Crippen LogP contribution >= 0.6 is 0 Å². The summed E-state index contributed by atoms with van der Waals surface area (Å²) in [4.78, 5) is 25.0. The number of hydrogen-bond acceptors (Lipinski definition) is 4. The van der Waals surface area contributed by atoms with Gasteiger partial charge < -0.3 is 14.7 Å². The highest BCUT2D eigenvalue weighted by atomic mass is 19.1. The predicted molar refractivity (Wildman–Crippen MR) is 64.1 cm³/mol. The number of nitrogens with zero attached hydrogens (tertiary/aromatic N) is 1. The van der Waals surface area contributed by atoms with Crippen LogP contribution in [-0.2, 0) is 9.53 Å². The first kappa shape index (κ1) is 13.3. The highest BCUT2D eigenvalue weighted by Gasteiger charge is 2.32. The first-order valence-corrected chi connectivity index (χ1v) is 5.88. The van der Waals surface area contributed by atoms with Crippen LogP contribution in [0.1, 0.15) is 16.8 Å². The highest BCUT2D eigenvalue weighted by molar-refractivity contribution is 5.97. The van der Waals surface area contributed by atoms with Crippen LogP contribution < -0.4 is 0 Å². The Kier molecular flexibility index (Phi) is 3.69. The minimum Gasteiger partial charge on any atom is -0.507 e. The van der Waals surface area contributed by atoms with Crippen LogP contribution in [-0.4, -0.2) is 42.1 Å². The lowest BCUT2D eigenvalue weighted by Crippen LogP contribution is -2.30. The Morgan fingerprint density at radius 3 is 2.84 bits per heavy atom. The maximum atomic E-state index is 12.9. The van der Waals surface area contributed by atoms with Gasteiger partial charge in [-0.15, -0.1) is 0 Å². The topological polar surface area (TPSA) is 66.8 Å². The number of carbonyl (C=O) groups is 2. The monoisotopic (exact) mass is 267 g/mol. The van der Waals surface area contributed by atoms with Gasteiger partial charge in [-0.25, -0.2) is 4.39 Å². The summed E-state index contributed by atoms with van der Waals surface area (Å²) in [5.74, 6) is -2.10. The molecule has 1 N–H and O–H groups in total. The Bertz CT molecular complexity index is 517. The number of esters is 1. The average molecular weight is 267 g/mol. The van der Waals surface area contributed by atoms with Gasteiger partial charge in [0.05, 0.1) is 18.6 Å². The minimum atomic E-state index is -0.608. The summed E-state index contributed by atoms with van der Waals surface area (Å²) in [6.45, 7) is 0.664. The van der Waals surface area contributed by atoms with E-state index in [1.807, 2.05) is 0 Å². The molecular weight excluding hydrogens is 253 g/mol. The molecule has 0 radical (unpaired) electrons. The van der Waals surface area contributed by atoms with Gasteiger partial charge in [0.2, 0.25) is 0 Å². The predicted octanol–water partition coefficient (Wildman–Crippen LogP) is 1.17. The Hall–Kier alpha value is -2.11. The molecule has 1 aliphatic rings. The van der Waals surface area contributed by atoms with Gasteiger partial charge in [0.25, 0.3) is 5.91 Å². The zero-order chi connectivity index (χ0) is 14.0. The van der Waals surface area contributed by atoms with E-state index in [1.165, 1.54) is 18.1 Å². The molecule has 1 unspecified atom stereocenters. The lowest BCUT2D eigenvalue weighted by molar-refractivity contribution is -0.144. The summed E-state index contributed by atoms with van der Waals surface area (Å²) in [6, 6.07) is 3.24. The molecule has 1 heterocycles. The zero-order valence-electron chi connectivity index (χ0n) is 10.4. The van der Waals surface area contributed by atoms with Crippen LogP contribution in [0.4, 0.5) is 4.39 Å². The van der Waals surface area contributed by atoms with Crippen molar-refractivity contribution in [1.82, 2.24) is 4.90 Å². The van der Waals surface area contributed by atoms with E-state index in [9.17, 15) is 19.1 Å². The molecular formula is C13H14FNO4. The molecule has 0 saturated carbocycles. The summed E-state index contributed by atoms with van der Waals surface area (Å²) in [5.41, 5.74) is 0.0342. The number of amides is 1. The normalized spacial score (nSPS) is 18.4. The van der Waals surface area contributed by atoms with Crippen molar-refractivity contribution in [3.05, 3.63) is 29.6 Å². The molecule has 1 aromatic rings. The molecule has 102 valence electrons. The maximum absolute atomic E-state index is 12.9. The van der Waals surface area contributed by atoms with E-state index in [2.05, 4.69) is 4.74 Å². The van der Waals surface area contributed by atoms with E-state index >= 15 is 0 Å². The third-order valence-corrected chi connectivity index (χ3v) is 3.20. The first-order valence-electron chi connectivity index (χ1n) is 5.88. The Morgan fingerprint density at radius 2 is 2.21 bits per heavy atom. The molecule has 0 aromatic heterocycles. The van der Waals surface area contributed by atoms with Crippen molar-refractivity contribution >= 4 is 11.9 Å². The number of ether oxygens (including phenoxy) is 1. The number of methoxy groups -OCH3 is 1. The summed E-state index contributed by atoms with van der Waals surface area (Å²) in [5, 5.41) is 9.56. The van der Waals surface area contributed by atoms with Gasteiger partial charge in [-0.1, -0.05) is 0 Å². The Morgan fingerprint density at radius 1 is 1.47 bits per heavy atom. The SMILES string of the molecule is COC(=O)C1CCN(C(=O)c2ccc(F)cc2O)C1. The van der Waals surface area contributed by atoms with E-state index < -0.39 is 17.5 Å². The van der Waals surface area contributed by atoms with E-state index in [0.717, 1.165) is 12.1 Å². The molecule has 6 heteroatoms. The average Bonchev–Trinajstić information content (AvgIpc) is 2.86. The van der Waals surface area contributed by atoms with E-state index in [4.69, 9.17) is 0 Å². The fourth-order valence-electron chi connectivity index (χ4n) is 2.16. The van der Waals surface area contributed by atoms with Crippen molar-refractivity contribution in [3.8, 4) is 5.75 Å². The van der Waals surface area contributed by atoms with Gasteiger partial charge in [-0.05, 0) is 18.6 Å². The second kappa shape index (κ2) is 5.26. The number of phenols is 1. The van der Waals surface area contributed by atoms with E-state index in [1.54, 1.807) is 0 Å². The van der Waals surface area contributed by atoms with Crippen molar-refractivity contribution < 1.29 is 23.8 Å². The molecule has 1 saturated heterocycles. The summed E-state index contributed by atoms with van der Waals surface area (Å²) in [6.07, 6.45) is 0.528. The minimum absolute atomic E-state index is 0.0342. The molecule has 2 rings (SSSR count). The first-order chi connectivity index (χ1) is 9.02. The third kappa shape index (κ3) is 2.67. The van der Waals surface area contributed by atoms with Gasteiger partial charge >= 0.3 is 5.97 Å². The van der Waals surface area contributed by atoms with Gasteiger partial charge in [-0.3, -0.25) is 9.59 Å². The number of benzene rings is 1. The van der Waals surface area contributed by atoms with Crippen LogP contribution in [0.2, 0.25) is 0 Å². The maximum Gasteiger partial charge on any atom is 0.310 e. The van der Waals surface area contributed by atoms with Crippen molar-refractivity contribution in [2.24, 2.45) is 5.92 Å². The second-order valence-electron chi connectivity index (χ2n) is 4.42. The van der Waals surface area contributed by atoms with Crippen molar-refractivity contribution in [2.75, 3.05) is 20.2 Å². The quantitative estimate of drug-likeness (QED) is 0.817. The molecule has 1 aromatic carbocycles. The number of aromatic hydroxyl groups is 1. The van der Waals surface area contributed by atoms with E-state index in [-0.39, 0.29) is 24.0 Å². The number of hydrogen-bond donors (Lipinski definition) is 1. The van der Waals surface area contributed by atoms with Crippen LogP contribution in [0.25, 0.3) is 0 Å². The number of carbonyl (C=O) groups excluding carboxylic acids is 2. The molecule has 1 fully saturated rings. The third-order valence-electron chi connectivity index (χ3n) is 3.20. The molecule has 0 bridgehead atoms. The lowest BCUT2D eigenvalue weighted by atomic mass is 10.1. The van der Waals surface area contributed by atoms with Crippen molar-refractivity contribution in [3.63, 3.8) is 0 Å². The molecule has 1 atom stereocenters. The Balaban J connectivity index is 2.11. The molecule has 5 nitrogen and oxygen atoms in total. The summed E-state index contributed by atoms with van der Waals surface area (Å²) < 4.78 is 17.5. The van der Waals surface area contributed by atoms with Gasteiger partial charge in [0.1, 0.15) is 11.6 Å². The highest BCUT2D eigenvalue weighted by Crippen LogP contribution is 2.24. The number of likely N-dealkylation sites (tertiary alicyclic amines) is 1. The molecule has 1 aliphatic heterocycles. The second-order valence-corrected chi connectivity index (χ2v) is 4.42. The van der Waals surface area contributed by atoms with Crippen LogP contribution in [0.15, 0.2) is 18.2 Å². The van der Waals surface area contributed by atoms with Crippen molar-refractivity contribution in [1.29, 1.82) is 0 Å². The van der Waals surface area contributed by atoms with Gasteiger partial charge in [0.15, 0.2) is 0 Å². The van der Waals surface area contributed by atoms with Crippen LogP contribution in [0.5, 0.6) is 5.75 Å². The molecule has 1 amide bonds. The van der Waals surface area contributed by atoms with Crippen LogP contribution in [0.3, 0.4) is 0 Å². The lowest BCUT2D eigenvalue weighted by Gasteiger charge is -2.16. The fourth-order valence-corrected chi connectivity index (χ4v) is 2.16. The Labute approximate surface area is 109 Å². The zero-order valence-corrected chi connectivity index (χ0v) is 10.4. The van der Waals surface area contributed by atoms with E-state index in [0.29, 0.717) is 13.0 Å². The summed E-state index contributed by atoms with van der Waals surface area (Å²) in [7, 11) is 1.30. The standard InChI is InChI=1S/C13H14FNO4/c1-19-13(18)8-4-5-15(7-8)12(17)10-3-2-9(14)6-11(10)16/h2-3,6,8,16H,4-5,7H2,1H3. The summed E-state index contributed by atoms with van der Waals surface area (Å²) >= 11 is 0. The van der Waals surface area contributed by atoms with Crippen LogP contribution in [0, 0.1) is 11.7 Å². The molecule has 19 heavy (non-hydrogen) atoms. The van der Waals surface area contributed by atoms with Gasteiger partial charge in [0, 0.05) is 19.2 Å². The number of halogens is 1. The number of phenolic OH excluding ortho intramolecular Hbond substituents is 1.